The highest BCUT2D eigenvalue weighted by molar-refractivity contribution is 9.10. The number of nitrogens with zero attached hydrogens (tertiary/aromatic N) is 2. The molecule has 1 heterocycles. The molecule has 2 aromatic rings. The molecule has 3 nitrogen and oxygen atoms in total. The Morgan fingerprint density at radius 2 is 2.22 bits per heavy atom. The van der Waals surface area contributed by atoms with Gasteiger partial charge in [0.25, 0.3) is 0 Å². The van der Waals surface area contributed by atoms with Crippen LogP contribution in [0.25, 0.3) is 0 Å². The van der Waals surface area contributed by atoms with E-state index in [1.54, 1.807) is 0 Å². The topological polar surface area (TPSA) is 29.9 Å². The molecule has 1 N–H and O–H groups in total. The lowest BCUT2D eigenvalue weighted by molar-refractivity contribution is 0.672. The van der Waals surface area contributed by atoms with Crippen molar-refractivity contribution in [2.75, 3.05) is 7.05 Å². The maximum absolute atomic E-state index is 6.09. The van der Waals surface area contributed by atoms with Crippen molar-refractivity contribution in [3.05, 3.63) is 51.5 Å². The van der Waals surface area contributed by atoms with Crippen LogP contribution in [0.3, 0.4) is 0 Å². The number of hydrogen-bond acceptors (Lipinski definition) is 2. The smallest absolute Gasteiger partial charge is 0.0950 e. The summed E-state index contributed by atoms with van der Waals surface area (Å²) in [6.45, 7) is 3.01. The summed E-state index contributed by atoms with van der Waals surface area (Å²) in [4.78, 5) is 4.44. The second-order valence-corrected chi connectivity index (χ2v) is 5.41. The van der Waals surface area contributed by atoms with E-state index in [1.807, 2.05) is 25.5 Å². The van der Waals surface area contributed by atoms with Crippen molar-refractivity contribution in [3.63, 3.8) is 0 Å². The second kappa shape index (κ2) is 5.87. The Morgan fingerprint density at radius 1 is 1.44 bits per heavy atom. The van der Waals surface area contributed by atoms with E-state index in [2.05, 4.69) is 50.0 Å². The minimum absolute atomic E-state index is 0.0489. The number of halogens is 2. The molecule has 0 radical (unpaired) electrons. The van der Waals surface area contributed by atoms with Gasteiger partial charge in [0, 0.05) is 22.2 Å². The lowest BCUT2D eigenvalue weighted by atomic mass is 10.0. The Labute approximate surface area is 120 Å². The highest BCUT2D eigenvalue weighted by Crippen LogP contribution is 2.27. The minimum atomic E-state index is 0.0489. The molecule has 2 rings (SSSR count). The van der Waals surface area contributed by atoms with Crippen molar-refractivity contribution in [2.24, 2.45) is 0 Å². The van der Waals surface area contributed by atoms with Gasteiger partial charge in [-0.2, -0.15) is 0 Å². The lowest BCUT2D eigenvalue weighted by Gasteiger charge is -2.15. The SMILES string of the molecule is CCn1cnc(C(NC)c2cc(Cl)cc(Br)c2)c1. The number of rotatable bonds is 4. The molecule has 5 heteroatoms. The molecule has 0 aliphatic heterocycles. The average molecular weight is 329 g/mol. The minimum Gasteiger partial charge on any atom is -0.337 e. The summed E-state index contributed by atoms with van der Waals surface area (Å²) >= 11 is 9.55. The van der Waals surface area contributed by atoms with E-state index in [1.165, 1.54) is 0 Å². The fourth-order valence-corrected chi connectivity index (χ4v) is 2.81. The summed E-state index contributed by atoms with van der Waals surface area (Å²) in [7, 11) is 1.92. The van der Waals surface area contributed by atoms with Crippen LogP contribution in [0.4, 0.5) is 0 Å². The van der Waals surface area contributed by atoms with Gasteiger partial charge in [0.05, 0.1) is 18.1 Å². The van der Waals surface area contributed by atoms with Gasteiger partial charge < -0.3 is 9.88 Å². The molecule has 0 aliphatic carbocycles. The lowest BCUT2D eigenvalue weighted by Crippen LogP contribution is -2.18. The van der Waals surface area contributed by atoms with Crippen LogP contribution in [0.5, 0.6) is 0 Å². The van der Waals surface area contributed by atoms with Crippen LogP contribution < -0.4 is 5.32 Å². The molecule has 96 valence electrons. The third-order valence-electron chi connectivity index (χ3n) is 2.82. The predicted octanol–water partition coefficient (Wildman–Crippen LogP) is 3.63. The monoisotopic (exact) mass is 327 g/mol. The van der Waals surface area contributed by atoms with Gasteiger partial charge in [-0.25, -0.2) is 4.98 Å². The zero-order valence-corrected chi connectivity index (χ0v) is 12.7. The molecule has 1 aromatic heterocycles. The third-order valence-corrected chi connectivity index (χ3v) is 3.50. The molecule has 1 aromatic carbocycles. The van der Waals surface area contributed by atoms with Gasteiger partial charge in [-0.15, -0.1) is 0 Å². The molecule has 0 amide bonds. The van der Waals surface area contributed by atoms with Crippen LogP contribution >= 0.6 is 27.5 Å². The van der Waals surface area contributed by atoms with Crippen molar-refractivity contribution in [3.8, 4) is 0 Å². The molecule has 0 spiro atoms. The molecule has 0 fully saturated rings. The molecule has 0 saturated heterocycles. The fraction of sp³-hybridized carbons (Fsp3) is 0.308. The Hall–Kier alpha value is -0.840. The van der Waals surface area contributed by atoms with Gasteiger partial charge in [0.1, 0.15) is 0 Å². The molecular formula is C13H15BrClN3. The number of nitrogens with one attached hydrogen (secondary N) is 1. The molecular weight excluding hydrogens is 314 g/mol. The van der Waals surface area contributed by atoms with Gasteiger partial charge in [0.2, 0.25) is 0 Å². The van der Waals surface area contributed by atoms with E-state index in [9.17, 15) is 0 Å². The number of aromatic nitrogens is 2. The Morgan fingerprint density at radius 3 is 2.78 bits per heavy atom. The first-order valence-electron chi connectivity index (χ1n) is 5.79. The van der Waals surface area contributed by atoms with Crippen molar-refractivity contribution in [2.45, 2.75) is 19.5 Å². The van der Waals surface area contributed by atoms with Crippen molar-refractivity contribution < 1.29 is 0 Å². The van der Waals surface area contributed by atoms with Crippen molar-refractivity contribution in [1.82, 2.24) is 14.9 Å². The standard InChI is InChI=1S/C13H15BrClN3/c1-3-18-7-12(17-8-18)13(16-2)9-4-10(14)6-11(15)5-9/h4-8,13,16H,3H2,1-2H3. The van der Waals surface area contributed by atoms with Gasteiger partial charge in [0.15, 0.2) is 0 Å². The van der Waals surface area contributed by atoms with Crippen LogP contribution in [-0.2, 0) is 6.54 Å². The van der Waals surface area contributed by atoms with E-state index < -0.39 is 0 Å². The van der Waals surface area contributed by atoms with Gasteiger partial charge in [-0.05, 0) is 37.7 Å². The molecule has 1 unspecified atom stereocenters. The van der Waals surface area contributed by atoms with E-state index in [-0.39, 0.29) is 6.04 Å². The number of aryl methyl sites for hydroxylation is 1. The Balaban J connectivity index is 2.38. The van der Waals surface area contributed by atoms with E-state index in [4.69, 9.17) is 11.6 Å². The maximum Gasteiger partial charge on any atom is 0.0950 e. The van der Waals surface area contributed by atoms with Crippen LogP contribution in [-0.4, -0.2) is 16.6 Å². The summed E-state index contributed by atoms with van der Waals surface area (Å²) in [6.07, 6.45) is 3.90. The van der Waals surface area contributed by atoms with Gasteiger partial charge in [-0.1, -0.05) is 27.5 Å². The Bertz CT molecular complexity index is 519. The molecule has 1 atom stereocenters. The van der Waals surface area contributed by atoms with Gasteiger partial charge >= 0.3 is 0 Å². The summed E-state index contributed by atoms with van der Waals surface area (Å²) in [5, 5.41) is 3.99. The van der Waals surface area contributed by atoms with Crippen LogP contribution in [0, 0.1) is 0 Å². The van der Waals surface area contributed by atoms with E-state index in [0.29, 0.717) is 0 Å². The van der Waals surface area contributed by atoms with Crippen LogP contribution in [0.15, 0.2) is 35.2 Å². The average Bonchev–Trinajstić information content (AvgIpc) is 2.77. The van der Waals surface area contributed by atoms with E-state index in [0.717, 1.165) is 27.3 Å². The molecule has 18 heavy (non-hydrogen) atoms. The first kappa shape index (κ1) is 13.6. The molecule has 0 aliphatic rings. The first-order chi connectivity index (χ1) is 8.63. The van der Waals surface area contributed by atoms with Crippen molar-refractivity contribution in [1.29, 1.82) is 0 Å². The summed E-state index contributed by atoms with van der Waals surface area (Å²) in [6, 6.07) is 5.94. The number of benzene rings is 1. The highest BCUT2D eigenvalue weighted by Gasteiger charge is 2.15. The normalized spacial score (nSPS) is 12.7. The maximum atomic E-state index is 6.09. The number of imidazole rings is 1. The molecule has 0 saturated carbocycles. The van der Waals surface area contributed by atoms with Crippen LogP contribution in [0.2, 0.25) is 5.02 Å². The Kier molecular flexibility index (Phi) is 4.43. The summed E-state index contributed by atoms with van der Waals surface area (Å²) in [5.41, 5.74) is 2.09. The zero-order chi connectivity index (χ0) is 13.1. The summed E-state index contributed by atoms with van der Waals surface area (Å²) < 4.78 is 3.03. The predicted molar refractivity (Wildman–Crippen MR) is 78.0 cm³/mol. The van der Waals surface area contributed by atoms with Gasteiger partial charge in [-0.3, -0.25) is 0 Å². The molecule has 0 bridgehead atoms. The first-order valence-corrected chi connectivity index (χ1v) is 6.96. The largest absolute Gasteiger partial charge is 0.337 e. The fourth-order valence-electron chi connectivity index (χ4n) is 1.93. The van der Waals surface area contributed by atoms with Crippen LogP contribution in [0.1, 0.15) is 24.2 Å². The summed E-state index contributed by atoms with van der Waals surface area (Å²) in [5.74, 6) is 0. The quantitative estimate of drug-likeness (QED) is 0.929. The third kappa shape index (κ3) is 2.94. The van der Waals surface area contributed by atoms with Crippen molar-refractivity contribution >= 4 is 27.5 Å². The number of hydrogen-bond donors (Lipinski definition) is 1. The highest BCUT2D eigenvalue weighted by atomic mass is 79.9. The second-order valence-electron chi connectivity index (χ2n) is 4.05. The zero-order valence-electron chi connectivity index (χ0n) is 10.3. The van der Waals surface area contributed by atoms with E-state index >= 15 is 0 Å².